The van der Waals surface area contributed by atoms with Crippen molar-refractivity contribution < 1.29 is 10.2 Å². The van der Waals surface area contributed by atoms with E-state index in [2.05, 4.69) is 10.2 Å². The minimum absolute atomic E-state index is 0. The van der Waals surface area contributed by atoms with Crippen LogP contribution in [-0.4, -0.2) is 32.0 Å². The molecule has 0 aliphatic heterocycles. The molecule has 0 amide bonds. The Morgan fingerprint density at radius 2 is 1.62 bits per heavy atom. The topological polar surface area (TPSA) is 74.4 Å². The summed E-state index contributed by atoms with van der Waals surface area (Å²) in [7, 11) is 3.70. The average molecular weight is 367 g/mol. The summed E-state index contributed by atoms with van der Waals surface area (Å²) in [5.74, 6) is 1.52. The van der Waals surface area contributed by atoms with Gasteiger partial charge in [0.15, 0.2) is 5.82 Å². The molecule has 0 aliphatic rings. The molecule has 3 aromatic rings. The third-order valence-corrected chi connectivity index (χ3v) is 3.90. The van der Waals surface area contributed by atoms with Crippen LogP contribution in [0.1, 0.15) is 0 Å². The van der Waals surface area contributed by atoms with Crippen molar-refractivity contribution in [2.75, 3.05) is 11.9 Å². The van der Waals surface area contributed by atoms with Gasteiger partial charge in [0.25, 0.3) is 0 Å². The normalized spacial score (nSPS) is 10.3. The first-order chi connectivity index (χ1) is 11.0. The van der Waals surface area contributed by atoms with Gasteiger partial charge in [0.05, 0.1) is 5.02 Å². The molecule has 0 fully saturated rings. The highest BCUT2D eigenvalue weighted by Crippen LogP contribution is 2.32. The fraction of sp³-hybridized carbons (Fsp3) is 0.125. The van der Waals surface area contributed by atoms with Crippen LogP contribution in [0, 0.1) is 0 Å². The van der Waals surface area contributed by atoms with Crippen LogP contribution in [0.2, 0.25) is 5.02 Å². The number of anilines is 2. The van der Waals surface area contributed by atoms with Crippen LogP contribution in [0.25, 0.3) is 11.4 Å². The van der Waals surface area contributed by atoms with Gasteiger partial charge in [0.2, 0.25) is 5.95 Å². The van der Waals surface area contributed by atoms with Gasteiger partial charge in [-0.1, -0.05) is 11.6 Å². The predicted octanol–water partition coefficient (Wildman–Crippen LogP) is 3.74. The molecule has 0 saturated carbocycles. The third kappa shape index (κ3) is 3.25. The third-order valence-electron chi connectivity index (χ3n) is 3.58. The molecule has 2 N–H and O–H groups in total. The van der Waals surface area contributed by atoms with Gasteiger partial charge in [0, 0.05) is 25.3 Å². The summed E-state index contributed by atoms with van der Waals surface area (Å²) >= 11 is 6.18. The maximum Gasteiger partial charge on any atom is 0.231 e. The minimum atomic E-state index is 0. The summed E-state index contributed by atoms with van der Waals surface area (Å²) in [6, 6.07) is 11.5. The van der Waals surface area contributed by atoms with Gasteiger partial charge in [-0.05, 0) is 42.5 Å². The number of rotatable bonds is 3. The second kappa shape index (κ2) is 6.98. The van der Waals surface area contributed by atoms with Crippen LogP contribution >= 0.6 is 24.0 Å². The van der Waals surface area contributed by atoms with Crippen molar-refractivity contribution in [2.45, 2.75) is 0 Å². The lowest BCUT2D eigenvalue weighted by Crippen LogP contribution is -2.14. The van der Waals surface area contributed by atoms with Gasteiger partial charge >= 0.3 is 0 Å². The molecule has 0 aliphatic carbocycles. The van der Waals surface area contributed by atoms with Crippen LogP contribution in [0.5, 0.6) is 11.5 Å². The van der Waals surface area contributed by atoms with Crippen molar-refractivity contribution in [3.05, 3.63) is 47.5 Å². The average Bonchev–Trinajstić information content (AvgIpc) is 2.89. The van der Waals surface area contributed by atoms with Crippen molar-refractivity contribution >= 4 is 35.6 Å². The number of aromatic hydroxyl groups is 2. The monoisotopic (exact) mass is 366 g/mol. The Morgan fingerprint density at radius 3 is 2.25 bits per heavy atom. The molecule has 3 rings (SSSR count). The number of aromatic nitrogens is 3. The molecule has 2 aromatic carbocycles. The fourth-order valence-corrected chi connectivity index (χ4v) is 2.58. The lowest BCUT2D eigenvalue weighted by molar-refractivity contribution is 0.475. The molecule has 0 saturated heterocycles. The Bertz CT molecular complexity index is 850. The Kier molecular flexibility index (Phi) is 5.21. The molecule has 1 aromatic heterocycles. The Hall–Kier alpha value is -2.44. The smallest absolute Gasteiger partial charge is 0.231 e. The Morgan fingerprint density at radius 1 is 1.00 bits per heavy atom. The zero-order valence-electron chi connectivity index (χ0n) is 13.0. The molecule has 0 spiro atoms. The zero-order chi connectivity index (χ0) is 16.6. The van der Waals surface area contributed by atoms with Crippen molar-refractivity contribution in [2.24, 2.45) is 7.05 Å². The van der Waals surface area contributed by atoms with Crippen LogP contribution in [-0.2, 0) is 7.05 Å². The summed E-state index contributed by atoms with van der Waals surface area (Å²) < 4.78 is 1.81. The van der Waals surface area contributed by atoms with Crippen molar-refractivity contribution in [1.29, 1.82) is 0 Å². The SMILES string of the molecule is CN(c1ccc(O)cc1)c1nnc(-c2ccc(O)cc2Cl)n1C.Cl. The summed E-state index contributed by atoms with van der Waals surface area (Å²) in [5.41, 5.74) is 1.55. The lowest BCUT2D eigenvalue weighted by Gasteiger charge is -2.18. The van der Waals surface area contributed by atoms with Gasteiger partial charge in [-0.25, -0.2) is 0 Å². The van der Waals surface area contributed by atoms with E-state index in [1.54, 1.807) is 36.4 Å². The summed E-state index contributed by atoms with van der Waals surface area (Å²) in [6.45, 7) is 0. The maximum atomic E-state index is 9.46. The number of benzene rings is 2. The van der Waals surface area contributed by atoms with Crippen molar-refractivity contribution in [3.63, 3.8) is 0 Å². The molecule has 8 heteroatoms. The second-order valence-electron chi connectivity index (χ2n) is 5.12. The first-order valence-corrected chi connectivity index (χ1v) is 7.26. The molecule has 0 unspecified atom stereocenters. The van der Waals surface area contributed by atoms with E-state index in [0.717, 1.165) is 5.69 Å². The molecule has 24 heavy (non-hydrogen) atoms. The van der Waals surface area contributed by atoms with Crippen molar-refractivity contribution in [3.8, 4) is 22.9 Å². The number of halogens is 2. The standard InChI is InChI=1S/C16H15ClN4O2.ClH/c1-20(10-3-5-11(22)6-4-10)16-19-18-15(21(16)2)13-8-7-12(23)9-14(13)17;/h3-9,22-23H,1-2H3;1H. The van der Waals surface area contributed by atoms with E-state index in [-0.39, 0.29) is 23.9 Å². The highest BCUT2D eigenvalue weighted by atomic mass is 35.5. The summed E-state index contributed by atoms with van der Waals surface area (Å²) in [4.78, 5) is 1.85. The van der Waals surface area contributed by atoms with Crippen molar-refractivity contribution in [1.82, 2.24) is 14.8 Å². The summed E-state index contributed by atoms with van der Waals surface area (Å²) in [5, 5.41) is 27.7. The van der Waals surface area contributed by atoms with Crippen LogP contribution < -0.4 is 4.90 Å². The lowest BCUT2D eigenvalue weighted by atomic mass is 10.2. The minimum Gasteiger partial charge on any atom is -0.508 e. The van der Waals surface area contributed by atoms with Crippen LogP contribution in [0.4, 0.5) is 11.6 Å². The molecule has 0 bridgehead atoms. The van der Waals surface area contributed by atoms with Crippen LogP contribution in [0.15, 0.2) is 42.5 Å². The first-order valence-electron chi connectivity index (χ1n) is 6.88. The van der Waals surface area contributed by atoms with Gasteiger partial charge in [-0.15, -0.1) is 22.6 Å². The van der Waals surface area contributed by atoms with Gasteiger partial charge < -0.3 is 15.1 Å². The number of hydrogen-bond acceptors (Lipinski definition) is 5. The summed E-state index contributed by atoms with van der Waals surface area (Å²) in [6.07, 6.45) is 0. The number of phenolic OH excluding ortho intramolecular Hbond substituents is 2. The van der Waals surface area contributed by atoms with Gasteiger partial charge in [0.1, 0.15) is 11.5 Å². The number of phenols is 2. The fourth-order valence-electron chi connectivity index (χ4n) is 2.32. The van der Waals surface area contributed by atoms with E-state index in [4.69, 9.17) is 11.6 Å². The number of hydrogen-bond donors (Lipinski definition) is 2. The molecule has 0 atom stereocenters. The van der Waals surface area contributed by atoms with E-state index in [1.165, 1.54) is 6.07 Å². The van der Waals surface area contributed by atoms with E-state index in [9.17, 15) is 10.2 Å². The molecule has 1 heterocycles. The largest absolute Gasteiger partial charge is 0.508 e. The number of nitrogens with zero attached hydrogens (tertiary/aromatic N) is 4. The van der Waals surface area contributed by atoms with E-state index < -0.39 is 0 Å². The second-order valence-corrected chi connectivity index (χ2v) is 5.53. The first kappa shape index (κ1) is 17.9. The van der Waals surface area contributed by atoms with E-state index in [1.807, 2.05) is 23.6 Å². The predicted molar refractivity (Wildman–Crippen MR) is 96.5 cm³/mol. The molecule has 0 radical (unpaired) electrons. The molecular weight excluding hydrogens is 351 g/mol. The molecule has 6 nitrogen and oxygen atoms in total. The quantitative estimate of drug-likeness (QED) is 0.738. The van der Waals surface area contributed by atoms with Gasteiger partial charge in [-0.3, -0.25) is 4.57 Å². The Labute approximate surface area is 150 Å². The Balaban J connectivity index is 0.00000208. The highest BCUT2D eigenvalue weighted by molar-refractivity contribution is 6.33. The molecular formula is C16H16Cl2N4O2. The van der Waals surface area contributed by atoms with Gasteiger partial charge in [-0.2, -0.15) is 0 Å². The molecule has 126 valence electrons. The van der Waals surface area contributed by atoms with E-state index >= 15 is 0 Å². The zero-order valence-corrected chi connectivity index (χ0v) is 14.6. The highest BCUT2D eigenvalue weighted by Gasteiger charge is 2.17. The maximum absolute atomic E-state index is 9.46. The van der Waals surface area contributed by atoms with E-state index in [0.29, 0.717) is 22.4 Å². The van der Waals surface area contributed by atoms with Crippen LogP contribution in [0.3, 0.4) is 0 Å².